The van der Waals surface area contributed by atoms with E-state index in [1.165, 1.54) is 19.3 Å². The van der Waals surface area contributed by atoms with Gasteiger partial charge < -0.3 is 14.5 Å². The first kappa shape index (κ1) is 29.4. The summed E-state index contributed by atoms with van der Waals surface area (Å²) in [5, 5.41) is 0. The van der Waals surface area contributed by atoms with Crippen LogP contribution in [0.5, 0.6) is 0 Å². The average Bonchev–Trinajstić information content (AvgIpc) is 2.83. The van der Waals surface area contributed by atoms with Gasteiger partial charge in [0.25, 0.3) is 0 Å². The van der Waals surface area contributed by atoms with Crippen molar-refractivity contribution in [2.45, 2.75) is 51.2 Å². The van der Waals surface area contributed by atoms with Gasteiger partial charge in [-0.25, -0.2) is 4.79 Å². The van der Waals surface area contributed by atoms with Gasteiger partial charge in [-0.05, 0) is 57.1 Å². The fraction of sp³-hybridized carbons (Fsp3) is 0.483. The lowest BCUT2D eigenvalue weighted by molar-refractivity contribution is -0.197. The molecule has 2 aliphatic rings. The van der Waals surface area contributed by atoms with Crippen molar-refractivity contribution in [3.63, 3.8) is 0 Å². The molecular weight excluding hydrogens is 479 g/mol. The molecule has 2 heterocycles. The van der Waals surface area contributed by atoms with Gasteiger partial charge in [-0.15, -0.1) is 24.8 Å². The second-order valence-corrected chi connectivity index (χ2v) is 10.2. The average molecular weight is 520 g/mol. The SMILES string of the molecule is CC1CC(OC(=O)/C=C/c2ccccc2)(c2ccccc2)C(C)(CN2CCCCC2)CN1C.Cl.Cl. The molecule has 3 unspecified atom stereocenters. The Morgan fingerprint density at radius 2 is 1.60 bits per heavy atom. The van der Waals surface area contributed by atoms with Gasteiger partial charge in [-0.3, -0.25) is 0 Å². The monoisotopic (exact) mass is 518 g/mol. The molecule has 0 N–H and O–H groups in total. The Morgan fingerprint density at radius 1 is 1.00 bits per heavy atom. The molecule has 2 fully saturated rings. The number of likely N-dealkylation sites (tertiary alicyclic amines) is 2. The van der Waals surface area contributed by atoms with Crippen LogP contribution in [-0.4, -0.2) is 55.0 Å². The third-order valence-corrected chi connectivity index (χ3v) is 7.66. The highest BCUT2D eigenvalue weighted by Crippen LogP contribution is 2.51. The molecule has 0 aromatic heterocycles. The first-order valence-electron chi connectivity index (χ1n) is 12.4. The van der Waals surface area contributed by atoms with Crippen LogP contribution in [0.25, 0.3) is 6.08 Å². The van der Waals surface area contributed by atoms with Crippen LogP contribution in [0.15, 0.2) is 66.7 Å². The molecule has 0 saturated carbocycles. The lowest BCUT2D eigenvalue weighted by Gasteiger charge is -2.57. The van der Waals surface area contributed by atoms with Crippen molar-refractivity contribution < 1.29 is 9.53 Å². The number of benzene rings is 2. The number of esters is 1. The molecule has 4 rings (SSSR count). The lowest BCUT2D eigenvalue weighted by Crippen LogP contribution is -2.64. The number of nitrogens with zero attached hydrogens (tertiary/aromatic N) is 2. The van der Waals surface area contributed by atoms with E-state index in [2.05, 4.69) is 55.0 Å². The predicted molar refractivity (Wildman–Crippen MR) is 149 cm³/mol. The molecule has 0 bridgehead atoms. The summed E-state index contributed by atoms with van der Waals surface area (Å²) in [7, 11) is 2.20. The molecule has 4 nitrogen and oxygen atoms in total. The highest BCUT2D eigenvalue weighted by Gasteiger charge is 2.57. The molecule has 2 aromatic rings. The molecule has 6 heteroatoms. The molecular formula is C29H40Cl2N2O2. The summed E-state index contributed by atoms with van der Waals surface area (Å²) < 4.78 is 6.58. The minimum absolute atomic E-state index is 0. The largest absolute Gasteiger partial charge is 0.450 e. The normalized spacial score (nSPS) is 27.6. The van der Waals surface area contributed by atoms with Crippen LogP contribution in [-0.2, 0) is 15.1 Å². The third kappa shape index (κ3) is 6.68. The second-order valence-electron chi connectivity index (χ2n) is 10.2. The summed E-state index contributed by atoms with van der Waals surface area (Å²) in [4.78, 5) is 18.3. The molecule has 0 aliphatic carbocycles. The maximum atomic E-state index is 13.3. The smallest absolute Gasteiger partial charge is 0.331 e. The van der Waals surface area contributed by atoms with E-state index in [0.29, 0.717) is 6.04 Å². The number of carbonyl (C=O) groups is 1. The molecule has 0 amide bonds. The minimum atomic E-state index is -0.685. The minimum Gasteiger partial charge on any atom is -0.450 e. The topological polar surface area (TPSA) is 32.8 Å². The van der Waals surface area contributed by atoms with Crippen molar-refractivity contribution in [2.24, 2.45) is 5.41 Å². The standard InChI is InChI=1S/C29H38N2O2.2ClH/c1-24-21-29(26-15-9-5-10-16-26,33-27(32)18-17-25-13-7-4-8-14-25)28(2,22-30(24)3)23-31-19-11-6-12-20-31;;/h4-5,7-10,13-18,24H,6,11-12,19-23H2,1-3H3;2*1H/b18-17+;;. The highest BCUT2D eigenvalue weighted by atomic mass is 35.5. The van der Waals surface area contributed by atoms with E-state index in [9.17, 15) is 4.79 Å². The van der Waals surface area contributed by atoms with Crippen LogP contribution < -0.4 is 0 Å². The summed E-state index contributed by atoms with van der Waals surface area (Å²) >= 11 is 0. The van der Waals surface area contributed by atoms with Crippen LogP contribution in [0, 0.1) is 5.41 Å². The Hall–Kier alpha value is -1.85. The van der Waals surface area contributed by atoms with Crippen LogP contribution in [0.3, 0.4) is 0 Å². The molecule has 0 spiro atoms. The molecule has 0 radical (unpaired) electrons. The number of halogens is 2. The number of hydrogen-bond donors (Lipinski definition) is 0. The third-order valence-electron chi connectivity index (χ3n) is 7.66. The van der Waals surface area contributed by atoms with Gasteiger partial charge in [-0.2, -0.15) is 0 Å². The zero-order valence-corrected chi connectivity index (χ0v) is 22.8. The summed E-state index contributed by atoms with van der Waals surface area (Å²) in [6.45, 7) is 8.63. The number of piperidine rings is 2. The molecule has 192 valence electrons. The fourth-order valence-electron chi connectivity index (χ4n) is 5.77. The van der Waals surface area contributed by atoms with Crippen LogP contribution in [0.4, 0.5) is 0 Å². The summed E-state index contributed by atoms with van der Waals surface area (Å²) in [5.74, 6) is -0.274. The van der Waals surface area contributed by atoms with Crippen LogP contribution >= 0.6 is 24.8 Å². The fourth-order valence-corrected chi connectivity index (χ4v) is 5.77. The van der Waals surface area contributed by atoms with Crippen LogP contribution in [0.2, 0.25) is 0 Å². The van der Waals surface area contributed by atoms with E-state index in [-0.39, 0.29) is 36.2 Å². The van der Waals surface area contributed by atoms with E-state index in [1.807, 2.05) is 42.5 Å². The number of carbonyl (C=O) groups excluding carboxylic acids is 1. The van der Waals surface area contributed by atoms with E-state index in [1.54, 1.807) is 6.08 Å². The first-order valence-corrected chi connectivity index (χ1v) is 12.4. The molecule has 2 saturated heterocycles. The van der Waals surface area contributed by atoms with Gasteiger partial charge in [0.05, 0.1) is 0 Å². The number of ether oxygens (including phenoxy) is 1. The molecule has 2 aliphatic heterocycles. The van der Waals surface area contributed by atoms with Gasteiger partial charge in [-0.1, -0.05) is 74.0 Å². The quantitative estimate of drug-likeness (QED) is 0.336. The van der Waals surface area contributed by atoms with Gasteiger partial charge in [0.1, 0.15) is 5.60 Å². The zero-order chi connectivity index (χ0) is 23.3. The van der Waals surface area contributed by atoms with Crippen LogP contribution in [0.1, 0.15) is 50.7 Å². The van der Waals surface area contributed by atoms with E-state index < -0.39 is 5.60 Å². The van der Waals surface area contributed by atoms with E-state index >= 15 is 0 Å². The maximum Gasteiger partial charge on any atom is 0.331 e. The molecule has 3 atom stereocenters. The summed E-state index contributed by atoms with van der Waals surface area (Å²) in [5.41, 5.74) is 1.18. The molecule has 35 heavy (non-hydrogen) atoms. The summed E-state index contributed by atoms with van der Waals surface area (Å²) in [6, 6.07) is 20.7. The van der Waals surface area contributed by atoms with Gasteiger partial charge in [0, 0.05) is 37.0 Å². The Kier molecular flexibility index (Phi) is 10.8. The van der Waals surface area contributed by atoms with Crippen molar-refractivity contribution in [1.29, 1.82) is 0 Å². The van der Waals surface area contributed by atoms with Crippen molar-refractivity contribution >= 4 is 36.9 Å². The Balaban J connectivity index is 0.00000216. The van der Waals surface area contributed by atoms with Crippen molar-refractivity contribution in [2.75, 3.05) is 33.2 Å². The van der Waals surface area contributed by atoms with Crippen molar-refractivity contribution in [3.8, 4) is 0 Å². The van der Waals surface area contributed by atoms with E-state index in [0.717, 1.165) is 43.7 Å². The first-order chi connectivity index (χ1) is 15.9. The maximum absolute atomic E-state index is 13.3. The Morgan fingerprint density at radius 3 is 2.23 bits per heavy atom. The number of rotatable bonds is 6. The van der Waals surface area contributed by atoms with Crippen molar-refractivity contribution in [1.82, 2.24) is 9.80 Å². The van der Waals surface area contributed by atoms with Gasteiger partial charge in [0.2, 0.25) is 0 Å². The highest BCUT2D eigenvalue weighted by molar-refractivity contribution is 5.87. The van der Waals surface area contributed by atoms with Crippen molar-refractivity contribution in [3.05, 3.63) is 77.9 Å². The number of hydrogen-bond acceptors (Lipinski definition) is 4. The van der Waals surface area contributed by atoms with Gasteiger partial charge >= 0.3 is 5.97 Å². The Labute approximate surface area is 223 Å². The Bertz CT molecular complexity index is 950. The summed E-state index contributed by atoms with van der Waals surface area (Å²) in [6.07, 6.45) is 8.03. The lowest BCUT2D eigenvalue weighted by atomic mass is 9.63. The predicted octanol–water partition coefficient (Wildman–Crippen LogP) is 6.20. The van der Waals surface area contributed by atoms with E-state index in [4.69, 9.17) is 4.74 Å². The second kappa shape index (κ2) is 12.9. The zero-order valence-electron chi connectivity index (χ0n) is 21.2. The molecule has 2 aromatic carbocycles. The van der Waals surface area contributed by atoms with Gasteiger partial charge in [0.15, 0.2) is 0 Å².